The molecule has 1 N–H and O–H groups in total. The summed E-state index contributed by atoms with van der Waals surface area (Å²) < 4.78 is 6.29. The number of benzene rings is 1. The van der Waals surface area contributed by atoms with Gasteiger partial charge in [0.1, 0.15) is 0 Å². The maximum Gasteiger partial charge on any atom is 0.183 e. The van der Waals surface area contributed by atoms with Gasteiger partial charge in [0.05, 0.1) is 16.3 Å². The fourth-order valence-corrected chi connectivity index (χ4v) is 2.31. The first kappa shape index (κ1) is 11.6. The zero-order valence-corrected chi connectivity index (χ0v) is 10.7. The van der Waals surface area contributed by atoms with Crippen molar-refractivity contribution >= 4 is 38.3 Å². The molecule has 2 aromatic rings. The van der Waals surface area contributed by atoms with E-state index in [1.54, 1.807) is 18.4 Å². The van der Waals surface area contributed by atoms with E-state index in [9.17, 15) is 0 Å². The third kappa shape index (κ3) is 2.64. The standard InChI is InChI=1S/C11H13ClN2OS/c1-7(15-2)6-13-11-14-9-5-8(12)3-4-10(9)16-11/h3-5,7H,6H2,1-2H3,(H,13,14). The van der Waals surface area contributed by atoms with E-state index in [1.807, 2.05) is 25.1 Å². The van der Waals surface area contributed by atoms with E-state index in [0.29, 0.717) is 0 Å². The molecule has 0 aliphatic heterocycles. The van der Waals surface area contributed by atoms with Gasteiger partial charge in [0.15, 0.2) is 5.13 Å². The van der Waals surface area contributed by atoms with Crippen LogP contribution in [0.4, 0.5) is 5.13 Å². The molecule has 1 heterocycles. The first-order valence-electron chi connectivity index (χ1n) is 5.02. The highest BCUT2D eigenvalue weighted by Gasteiger charge is 2.05. The normalized spacial score (nSPS) is 12.9. The molecule has 0 fully saturated rings. The molecule has 1 atom stereocenters. The molecular weight excluding hydrogens is 244 g/mol. The van der Waals surface area contributed by atoms with E-state index in [2.05, 4.69) is 10.3 Å². The molecule has 1 unspecified atom stereocenters. The van der Waals surface area contributed by atoms with Crippen LogP contribution in [0.2, 0.25) is 5.02 Å². The molecule has 86 valence electrons. The van der Waals surface area contributed by atoms with Gasteiger partial charge in [-0.05, 0) is 25.1 Å². The highest BCUT2D eigenvalue weighted by Crippen LogP contribution is 2.27. The third-order valence-electron chi connectivity index (χ3n) is 2.29. The highest BCUT2D eigenvalue weighted by molar-refractivity contribution is 7.22. The van der Waals surface area contributed by atoms with Crippen molar-refractivity contribution in [3.8, 4) is 0 Å². The van der Waals surface area contributed by atoms with Crippen LogP contribution in [-0.2, 0) is 4.74 Å². The summed E-state index contributed by atoms with van der Waals surface area (Å²) in [4.78, 5) is 4.45. The summed E-state index contributed by atoms with van der Waals surface area (Å²) in [5, 5.41) is 4.86. The van der Waals surface area contributed by atoms with Crippen molar-refractivity contribution in [3.05, 3.63) is 23.2 Å². The fourth-order valence-electron chi connectivity index (χ4n) is 1.29. The summed E-state index contributed by atoms with van der Waals surface area (Å²) in [5.41, 5.74) is 0.935. The summed E-state index contributed by atoms with van der Waals surface area (Å²) in [5.74, 6) is 0. The number of thiazole rings is 1. The molecule has 5 heteroatoms. The molecule has 3 nitrogen and oxygen atoms in total. The first-order chi connectivity index (χ1) is 7.69. The number of fused-ring (bicyclic) bond motifs is 1. The summed E-state index contributed by atoms with van der Waals surface area (Å²) in [6, 6.07) is 5.74. The number of ether oxygens (including phenoxy) is 1. The maximum atomic E-state index is 5.90. The van der Waals surface area contributed by atoms with E-state index in [1.165, 1.54) is 0 Å². The Hall–Kier alpha value is -0.840. The molecule has 0 spiro atoms. The second-order valence-corrected chi connectivity index (χ2v) is 5.03. The Morgan fingerprint density at radius 2 is 2.38 bits per heavy atom. The van der Waals surface area contributed by atoms with Crippen molar-refractivity contribution in [2.45, 2.75) is 13.0 Å². The first-order valence-corrected chi connectivity index (χ1v) is 6.21. The average Bonchev–Trinajstić information content (AvgIpc) is 2.67. The van der Waals surface area contributed by atoms with Crippen LogP contribution >= 0.6 is 22.9 Å². The Kier molecular flexibility index (Phi) is 3.63. The van der Waals surface area contributed by atoms with Crippen molar-refractivity contribution in [1.29, 1.82) is 0 Å². The van der Waals surface area contributed by atoms with E-state index >= 15 is 0 Å². The number of hydrogen-bond acceptors (Lipinski definition) is 4. The van der Waals surface area contributed by atoms with Crippen molar-refractivity contribution < 1.29 is 4.74 Å². The SMILES string of the molecule is COC(C)CNc1nc2cc(Cl)ccc2s1. The van der Waals surface area contributed by atoms with E-state index in [-0.39, 0.29) is 6.10 Å². The van der Waals surface area contributed by atoms with Crippen molar-refractivity contribution in [2.75, 3.05) is 19.0 Å². The highest BCUT2D eigenvalue weighted by atomic mass is 35.5. The molecule has 0 radical (unpaired) electrons. The van der Waals surface area contributed by atoms with Crippen LogP contribution in [0.1, 0.15) is 6.92 Å². The van der Waals surface area contributed by atoms with Crippen molar-refractivity contribution in [3.63, 3.8) is 0 Å². The summed E-state index contributed by atoms with van der Waals surface area (Å²) in [6.45, 7) is 2.77. The molecule has 0 aliphatic carbocycles. The number of nitrogens with one attached hydrogen (secondary N) is 1. The molecule has 16 heavy (non-hydrogen) atoms. The van der Waals surface area contributed by atoms with Gasteiger partial charge < -0.3 is 10.1 Å². The third-order valence-corrected chi connectivity index (χ3v) is 3.52. The number of hydrogen-bond donors (Lipinski definition) is 1. The molecule has 1 aromatic heterocycles. The molecule has 0 aliphatic rings. The Labute approximate surface area is 103 Å². The van der Waals surface area contributed by atoms with Gasteiger partial charge in [0, 0.05) is 18.7 Å². The molecule has 0 saturated heterocycles. The predicted octanol–water partition coefficient (Wildman–Crippen LogP) is 3.40. The maximum absolute atomic E-state index is 5.90. The van der Waals surface area contributed by atoms with Gasteiger partial charge in [-0.3, -0.25) is 0 Å². The van der Waals surface area contributed by atoms with Gasteiger partial charge >= 0.3 is 0 Å². The molecule has 0 saturated carbocycles. The van der Waals surface area contributed by atoms with Gasteiger partial charge in [0.25, 0.3) is 0 Å². The van der Waals surface area contributed by atoms with Crippen LogP contribution in [0.5, 0.6) is 0 Å². The van der Waals surface area contributed by atoms with Crippen LogP contribution < -0.4 is 5.32 Å². The summed E-state index contributed by atoms with van der Waals surface area (Å²) >= 11 is 7.52. The van der Waals surface area contributed by atoms with Crippen LogP contribution in [0.15, 0.2) is 18.2 Å². The second kappa shape index (κ2) is 4.99. The van der Waals surface area contributed by atoms with Gasteiger partial charge in [-0.2, -0.15) is 0 Å². The zero-order valence-electron chi connectivity index (χ0n) is 9.16. The Bertz CT molecular complexity index is 486. The fraction of sp³-hybridized carbons (Fsp3) is 0.364. The van der Waals surface area contributed by atoms with Gasteiger partial charge in [-0.25, -0.2) is 4.98 Å². The van der Waals surface area contributed by atoms with Crippen molar-refractivity contribution in [2.24, 2.45) is 0 Å². The number of anilines is 1. The summed E-state index contributed by atoms with van der Waals surface area (Å²) in [6.07, 6.45) is 0.176. The monoisotopic (exact) mass is 256 g/mol. The lowest BCUT2D eigenvalue weighted by Gasteiger charge is -2.08. The van der Waals surface area contributed by atoms with E-state index < -0.39 is 0 Å². The molecule has 2 rings (SSSR count). The minimum Gasteiger partial charge on any atom is -0.380 e. The number of rotatable bonds is 4. The molecule has 1 aromatic carbocycles. The van der Waals surface area contributed by atoms with E-state index in [4.69, 9.17) is 16.3 Å². The minimum absolute atomic E-state index is 0.176. The minimum atomic E-state index is 0.176. The van der Waals surface area contributed by atoms with Gasteiger partial charge in [-0.15, -0.1) is 0 Å². The van der Waals surface area contributed by atoms with Crippen LogP contribution in [0.25, 0.3) is 10.2 Å². The summed E-state index contributed by atoms with van der Waals surface area (Å²) in [7, 11) is 1.70. The Balaban J connectivity index is 2.13. The van der Waals surface area contributed by atoms with Gasteiger partial charge in [-0.1, -0.05) is 22.9 Å². The van der Waals surface area contributed by atoms with Gasteiger partial charge in [0.2, 0.25) is 0 Å². The predicted molar refractivity (Wildman–Crippen MR) is 69.6 cm³/mol. The number of nitrogens with zero attached hydrogens (tertiary/aromatic N) is 1. The smallest absolute Gasteiger partial charge is 0.183 e. The lowest BCUT2D eigenvalue weighted by Crippen LogP contribution is -2.17. The van der Waals surface area contributed by atoms with Crippen molar-refractivity contribution in [1.82, 2.24) is 4.98 Å². The van der Waals surface area contributed by atoms with Crippen LogP contribution in [0.3, 0.4) is 0 Å². The van der Waals surface area contributed by atoms with Crippen LogP contribution in [0, 0.1) is 0 Å². The largest absolute Gasteiger partial charge is 0.380 e. The molecular formula is C11H13ClN2OS. The number of aromatic nitrogens is 1. The number of halogens is 1. The molecule has 0 bridgehead atoms. The Morgan fingerprint density at radius 1 is 1.56 bits per heavy atom. The second-order valence-electron chi connectivity index (χ2n) is 3.56. The molecule has 0 amide bonds. The van der Waals surface area contributed by atoms with E-state index in [0.717, 1.165) is 26.9 Å². The zero-order chi connectivity index (χ0) is 11.5. The lowest BCUT2D eigenvalue weighted by molar-refractivity contribution is 0.129. The Morgan fingerprint density at radius 3 is 3.12 bits per heavy atom. The van der Waals surface area contributed by atoms with Crippen LogP contribution in [-0.4, -0.2) is 24.7 Å². The topological polar surface area (TPSA) is 34.1 Å². The number of methoxy groups -OCH3 is 1. The lowest BCUT2D eigenvalue weighted by atomic mass is 10.3. The quantitative estimate of drug-likeness (QED) is 0.911. The average molecular weight is 257 g/mol.